The van der Waals surface area contributed by atoms with E-state index in [0.717, 1.165) is 0 Å². The number of rotatable bonds is 5. The number of esters is 1. The summed E-state index contributed by atoms with van der Waals surface area (Å²) in [6, 6.07) is -0.522. The van der Waals surface area contributed by atoms with E-state index in [-0.39, 0.29) is 43.8 Å². The maximum absolute atomic E-state index is 11.4. The fourth-order valence-electron chi connectivity index (χ4n) is 1.45. The van der Waals surface area contributed by atoms with Crippen LogP contribution in [0.5, 0.6) is 0 Å². The van der Waals surface area contributed by atoms with E-state index in [9.17, 15) is 14.4 Å². The number of halogens is 1. The van der Waals surface area contributed by atoms with Gasteiger partial charge in [-0.1, -0.05) is 0 Å². The molecule has 1 rings (SSSR count). The van der Waals surface area contributed by atoms with Crippen molar-refractivity contribution in [1.82, 2.24) is 16.0 Å². The SMILES string of the molecule is CCOC(=O)CNC(=O)CC1NCCNC1=O.Cl. The van der Waals surface area contributed by atoms with E-state index < -0.39 is 12.0 Å². The molecule has 1 heterocycles. The van der Waals surface area contributed by atoms with E-state index in [2.05, 4.69) is 20.7 Å². The molecule has 0 aromatic carbocycles. The summed E-state index contributed by atoms with van der Waals surface area (Å²) >= 11 is 0. The van der Waals surface area contributed by atoms with E-state index in [1.165, 1.54) is 0 Å². The third-order valence-electron chi connectivity index (χ3n) is 2.26. The third kappa shape index (κ3) is 5.83. The molecule has 7 nitrogen and oxygen atoms in total. The molecule has 0 saturated carbocycles. The lowest BCUT2D eigenvalue weighted by Gasteiger charge is -2.22. The number of ether oxygens (including phenoxy) is 1. The number of carbonyl (C=O) groups is 3. The fraction of sp³-hybridized carbons (Fsp3) is 0.700. The van der Waals surface area contributed by atoms with Gasteiger partial charge in [0.2, 0.25) is 11.8 Å². The van der Waals surface area contributed by atoms with Gasteiger partial charge in [0, 0.05) is 13.1 Å². The zero-order valence-corrected chi connectivity index (χ0v) is 11.0. The Morgan fingerprint density at radius 2 is 2.17 bits per heavy atom. The first-order valence-electron chi connectivity index (χ1n) is 5.57. The van der Waals surface area contributed by atoms with Crippen molar-refractivity contribution in [3.05, 3.63) is 0 Å². The van der Waals surface area contributed by atoms with E-state index in [0.29, 0.717) is 13.1 Å². The number of hydrogen-bond donors (Lipinski definition) is 3. The van der Waals surface area contributed by atoms with Gasteiger partial charge in [-0.05, 0) is 6.92 Å². The Kier molecular flexibility index (Phi) is 8.06. The second-order valence-electron chi connectivity index (χ2n) is 3.58. The molecular weight excluding hydrogens is 262 g/mol. The molecule has 0 aliphatic carbocycles. The topological polar surface area (TPSA) is 96.5 Å². The van der Waals surface area contributed by atoms with Gasteiger partial charge in [-0.15, -0.1) is 12.4 Å². The van der Waals surface area contributed by atoms with Gasteiger partial charge in [-0.3, -0.25) is 14.4 Å². The lowest BCUT2D eigenvalue weighted by molar-refractivity contribution is -0.143. The third-order valence-corrected chi connectivity index (χ3v) is 2.26. The van der Waals surface area contributed by atoms with Crippen molar-refractivity contribution >= 4 is 30.2 Å². The molecule has 8 heteroatoms. The number of amides is 2. The Labute approximate surface area is 111 Å². The molecule has 1 atom stereocenters. The molecule has 3 N–H and O–H groups in total. The first-order chi connectivity index (χ1) is 8.13. The van der Waals surface area contributed by atoms with E-state index in [1.807, 2.05) is 0 Å². The number of carbonyl (C=O) groups excluding carboxylic acids is 3. The van der Waals surface area contributed by atoms with E-state index in [4.69, 9.17) is 0 Å². The highest BCUT2D eigenvalue weighted by Gasteiger charge is 2.24. The van der Waals surface area contributed by atoms with Crippen LogP contribution in [0.3, 0.4) is 0 Å². The molecule has 1 aliphatic heterocycles. The average molecular weight is 280 g/mol. The normalized spacial score (nSPS) is 18.3. The summed E-state index contributed by atoms with van der Waals surface area (Å²) in [5.74, 6) is -1.03. The Hall–Kier alpha value is -1.34. The molecular formula is C10H18ClN3O4. The summed E-state index contributed by atoms with van der Waals surface area (Å²) < 4.78 is 4.65. The molecule has 1 fully saturated rings. The summed E-state index contributed by atoms with van der Waals surface area (Å²) in [6.45, 7) is 3.01. The van der Waals surface area contributed by atoms with Crippen molar-refractivity contribution in [2.24, 2.45) is 0 Å². The molecule has 1 saturated heterocycles. The summed E-state index contributed by atoms with van der Waals surface area (Å²) in [5, 5.41) is 7.97. The lowest BCUT2D eigenvalue weighted by Crippen LogP contribution is -2.54. The van der Waals surface area contributed by atoms with Gasteiger partial charge in [0.1, 0.15) is 6.54 Å². The summed E-state index contributed by atoms with van der Waals surface area (Å²) in [4.78, 5) is 33.7. The standard InChI is InChI=1S/C10H17N3O4.ClH/c1-2-17-9(15)6-13-8(14)5-7-10(16)12-4-3-11-7;/h7,11H,2-6H2,1H3,(H,12,16)(H,13,14);1H. The molecule has 104 valence electrons. The molecule has 1 unspecified atom stereocenters. The number of hydrogen-bond acceptors (Lipinski definition) is 5. The summed E-state index contributed by atoms with van der Waals surface area (Å²) in [6.07, 6.45) is 0.0191. The summed E-state index contributed by atoms with van der Waals surface area (Å²) in [7, 11) is 0. The maximum atomic E-state index is 11.4. The second kappa shape index (κ2) is 8.71. The van der Waals surface area contributed by atoms with Crippen molar-refractivity contribution in [2.45, 2.75) is 19.4 Å². The summed E-state index contributed by atoms with van der Waals surface area (Å²) in [5.41, 5.74) is 0. The second-order valence-corrected chi connectivity index (χ2v) is 3.58. The van der Waals surface area contributed by atoms with Crippen molar-refractivity contribution in [1.29, 1.82) is 0 Å². The van der Waals surface area contributed by atoms with Gasteiger partial charge in [0.25, 0.3) is 0 Å². The van der Waals surface area contributed by atoms with Crippen molar-refractivity contribution in [3.8, 4) is 0 Å². The van der Waals surface area contributed by atoms with Crippen LogP contribution in [-0.2, 0) is 19.1 Å². The molecule has 0 aromatic heterocycles. The van der Waals surface area contributed by atoms with Crippen molar-refractivity contribution in [3.63, 3.8) is 0 Å². The van der Waals surface area contributed by atoms with Crippen LogP contribution in [0.2, 0.25) is 0 Å². The monoisotopic (exact) mass is 279 g/mol. The van der Waals surface area contributed by atoms with Gasteiger partial charge in [0.05, 0.1) is 19.1 Å². The quantitative estimate of drug-likeness (QED) is 0.536. The van der Waals surface area contributed by atoms with Crippen LogP contribution in [0, 0.1) is 0 Å². The van der Waals surface area contributed by atoms with Crippen LogP contribution in [-0.4, -0.2) is 50.1 Å². The number of piperazine rings is 1. The molecule has 1 aliphatic rings. The highest BCUT2D eigenvalue weighted by atomic mass is 35.5. The Morgan fingerprint density at radius 3 is 2.78 bits per heavy atom. The Balaban J connectivity index is 0.00000289. The minimum atomic E-state index is -0.522. The van der Waals surface area contributed by atoms with Gasteiger partial charge in [-0.2, -0.15) is 0 Å². The van der Waals surface area contributed by atoms with Crippen molar-refractivity contribution in [2.75, 3.05) is 26.2 Å². The van der Waals surface area contributed by atoms with Crippen LogP contribution < -0.4 is 16.0 Å². The first-order valence-corrected chi connectivity index (χ1v) is 5.57. The Bertz CT molecular complexity index is 311. The van der Waals surface area contributed by atoms with Gasteiger partial charge < -0.3 is 20.7 Å². The van der Waals surface area contributed by atoms with Crippen LogP contribution in [0.15, 0.2) is 0 Å². The molecule has 0 bridgehead atoms. The Morgan fingerprint density at radius 1 is 1.44 bits per heavy atom. The predicted molar refractivity (Wildman–Crippen MR) is 66.3 cm³/mol. The highest BCUT2D eigenvalue weighted by molar-refractivity contribution is 5.89. The minimum absolute atomic E-state index is 0. The molecule has 2 amide bonds. The van der Waals surface area contributed by atoms with E-state index >= 15 is 0 Å². The van der Waals surface area contributed by atoms with E-state index in [1.54, 1.807) is 6.92 Å². The van der Waals surface area contributed by atoms with Crippen LogP contribution >= 0.6 is 12.4 Å². The fourth-order valence-corrected chi connectivity index (χ4v) is 1.45. The lowest BCUT2D eigenvalue weighted by atomic mass is 10.1. The van der Waals surface area contributed by atoms with Gasteiger partial charge in [-0.25, -0.2) is 0 Å². The van der Waals surface area contributed by atoms with Crippen LogP contribution in [0.1, 0.15) is 13.3 Å². The predicted octanol–water partition coefficient (Wildman–Crippen LogP) is -1.43. The molecule has 18 heavy (non-hydrogen) atoms. The smallest absolute Gasteiger partial charge is 0.325 e. The van der Waals surface area contributed by atoms with Gasteiger partial charge >= 0.3 is 5.97 Å². The average Bonchev–Trinajstić information content (AvgIpc) is 2.30. The van der Waals surface area contributed by atoms with Gasteiger partial charge in [0.15, 0.2) is 0 Å². The zero-order valence-electron chi connectivity index (χ0n) is 10.2. The highest BCUT2D eigenvalue weighted by Crippen LogP contribution is 1.95. The molecule has 0 radical (unpaired) electrons. The minimum Gasteiger partial charge on any atom is -0.465 e. The van der Waals surface area contributed by atoms with Crippen molar-refractivity contribution < 1.29 is 19.1 Å². The first kappa shape index (κ1) is 16.7. The molecule has 0 spiro atoms. The largest absolute Gasteiger partial charge is 0.465 e. The zero-order chi connectivity index (χ0) is 12.7. The van der Waals surface area contributed by atoms with Crippen LogP contribution in [0.4, 0.5) is 0 Å². The number of nitrogens with one attached hydrogen (secondary N) is 3. The van der Waals surface area contributed by atoms with Crippen LogP contribution in [0.25, 0.3) is 0 Å². The molecule has 0 aromatic rings. The maximum Gasteiger partial charge on any atom is 0.325 e.